The molecule has 0 spiro atoms. The molecule has 3 rings (SSSR count). The minimum Gasteiger partial charge on any atom is -0.486 e. The fourth-order valence-electron chi connectivity index (χ4n) is 2.64. The molecule has 1 fully saturated rings. The second-order valence-electron chi connectivity index (χ2n) is 5.53. The monoisotopic (exact) mass is 320 g/mol. The molecule has 1 N–H and O–H groups in total. The first kappa shape index (κ1) is 15.8. The Bertz CT molecular complexity index is 611. The van der Waals surface area contributed by atoms with Crippen LogP contribution in [0.1, 0.15) is 17.3 Å². The minimum atomic E-state index is -0.161. The molecular formula is C16H20N2O5. The molecule has 0 radical (unpaired) electrons. The summed E-state index contributed by atoms with van der Waals surface area (Å²) in [5.74, 6) is 0.783. The molecule has 2 aliphatic rings. The minimum absolute atomic E-state index is 0.136. The highest BCUT2D eigenvalue weighted by atomic mass is 16.6. The van der Waals surface area contributed by atoms with E-state index in [1.54, 1.807) is 12.1 Å². The lowest BCUT2D eigenvalue weighted by atomic mass is 10.1. The summed E-state index contributed by atoms with van der Waals surface area (Å²) in [5, 5.41) is 2.81. The molecule has 7 heteroatoms. The average Bonchev–Trinajstić information content (AvgIpc) is 2.55. The van der Waals surface area contributed by atoms with Crippen LogP contribution < -0.4 is 14.8 Å². The van der Waals surface area contributed by atoms with E-state index in [-0.39, 0.29) is 18.2 Å². The van der Waals surface area contributed by atoms with Crippen LogP contribution in [0.15, 0.2) is 12.1 Å². The number of hydrogen-bond donors (Lipinski definition) is 1. The normalized spacial score (nSPS) is 17.6. The van der Waals surface area contributed by atoms with Crippen molar-refractivity contribution in [3.8, 4) is 11.5 Å². The van der Waals surface area contributed by atoms with E-state index in [4.69, 9.17) is 14.2 Å². The smallest absolute Gasteiger partial charge is 0.238 e. The number of nitrogens with one attached hydrogen (secondary N) is 1. The Hall–Kier alpha value is -2.12. The molecular weight excluding hydrogens is 300 g/mol. The van der Waals surface area contributed by atoms with E-state index in [9.17, 15) is 9.59 Å². The summed E-state index contributed by atoms with van der Waals surface area (Å²) in [5.41, 5.74) is 0.879. The van der Waals surface area contributed by atoms with Crippen LogP contribution in [0.25, 0.3) is 0 Å². The van der Waals surface area contributed by atoms with E-state index in [1.807, 2.05) is 4.90 Å². The molecule has 0 atom stereocenters. The number of nitrogens with zero attached hydrogens (tertiary/aromatic N) is 1. The first-order valence-corrected chi connectivity index (χ1v) is 7.68. The van der Waals surface area contributed by atoms with E-state index >= 15 is 0 Å². The maximum Gasteiger partial charge on any atom is 0.238 e. The molecule has 0 saturated carbocycles. The summed E-state index contributed by atoms with van der Waals surface area (Å²) in [6, 6.07) is 3.28. The number of Topliss-reactive ketones (excluding diaryl/α,β-unsaturated/α-hetero) is 1. The van der Waals surface area contributed by atoms with Crippen LogP contribution in [0, 0.1) is 0 Å². The largest absolute Gasteiger partial charge is 0.486 e. The third kappa shape index (κ3) is 3.80. The fourth-order valence-corrected chi connectivity index (χ4v) is 2.64. The van der Waals surface area contributed by atoms with Gasteiger partial charge >= 0.3 is 0 Å². The molecule has 7 nitrogen and oxygen atoms in total. The van der Waals surface area contributed by atoms with Gasteiger partial charge in [-0.05, 0) is 13.0 Å². The number of benzene rings is 1. The van der Waals surface area contributed by atoms with E-state index in [1.165, 1.54) is 6.92 Å². The van der Waals surface area contributed by atoms with Crippen molar-refractivity contribution in [2.75, 3.05) is 51.4 Å². The third-order valence-corrected chi connectivity index (χ3v) is 3.81. The Morgan fingerprint density at radius 2 is 1.74 bits per heavy atom. The van der Waals surface area contributed by atoms with Crippen LogP contribution in [-0.2, 0) is 9.53 Å². The number of amides is 1. The van der Waals surface area contributed by atoms with E-state index in [0.717, 1.165) is 13.1 Å². The van der Waals surface area contributed by atoms with Crippen molar-refractivity contribution in [1.29, 1.82) is 0 Å². The Morgan fingerprint density at radius 3 is 2.39 bits per heavy atom. The fraction of sp³-hybridized carbons (Fsp3) is 0.500. The zero-order valence-corrected chi connectivity index (χ0v) is 13.1. The van der Waals surface area contributed by atoms with Crippen molar-refractivity contribution < 1.29 is 23.8 Å². The predicted octanol–water partition coefficient (Wildman–Crippen LogP) is 0.931. The lowest BCUT2D eigenvalue weighted by Crippen LogP contribution is -2.41. The summed E-state index contributed by atoms with van der Waals surface area (Å²) in [6.45, 7) is 5.37. The Labute approximate surface area is 134 Å². The zero-order valence-electron chi connectivity index (χ0n) is 13.1. The van der Waals surface area contributed by atoms with Gasteiger partial charge in [-0.25, -0.2) is 0 Å². The van der Waals surface area contributed by atoms with Crippen LogP contribution in [0.4, 0.5) is 5.69 Å². The second kappa shape index (κ2) is 6.97. The highest BCUT2D eigenvalue weighted by Gasteiger charge is 2.20. The molecule has 0 aromatic heterocycles. The van der Waals surface area contributed by atoms with Crippen LogP contribution in [-0.4, -0.2) is 62.7 Å². The van der Waals surface area contributed by atoms with Gasteiger partial charge in [0.15, 0.2) is 17.3 Å². The lowest BCUT2D eigenvalue weighted by molar-refractivity contribution is -0.118. The van der Waals surface area contributed by atoms with Crippen LogP contribution in [0.5, 0.6) is 11.5 Å². The lowest BCUT2D eigenvalue weighted by Gasteiger charge is -2.26. The SMILES string of the molecule is CC(=O)c1cc2c(cc1NC(=O)CN1CCOCC1)OCCO2. The van der Waals surface area contributed by atoms with Gasteiger partial charge in [-0.2, -0.15) is 0 Å². The molecule has 124 valence electrons. The quantitative estimate of drug-likeness (QED) is 0.832. The van der Waals surface area contributed by atoms with Gasteiger partial charge in [-0.3, -0.25) is 14.5 Å². The molecule has 0 bridgehead atoms. The highest BCUT2D eigenvalue weighted by Crippen LogP contribution is 2.35. The number of hydrogen-bond acceptors (Lipinski definition) is 6. The number of ether oxygens (including phenoxy) is 3. The van der Waals surface area contributed by atoms with Gasteiger partial charge in [0.25, 0.3) is 0 Å². The Morgan fingerprint density at radius 1 is 1.09 bits per heavy atom. The van der Waals surface area contributed by atoms with Crippen molar-refractivity contribution in [3.05, 3.63) is 17.7 Å². The number of ketones is 1. The van der Waals surface area contributed by atoms with Gasteiger partial charge < -0.3 is 19.5 Å². The number of morpholine rings is 1. The predicted molar refractivity (Wildman–Crippen MR) is 83.3 cm³/mol. The summed E-state index contributed by atoms with van der Waals surface area (Å²) >= 11 is 0. The van der Waals surface area contributed by atoms with Crippen LogP contribution >= 0.6 is 0 Å². The van der Waals surface area contributed by atoms with Gasteiger partial charge in [-0.15, -0.1) is 0 Å². The maximum absolute atomic E-state index is 12.2. The van der Waals surface area contributed by atoms with E-state index in [2.05, 4.69) is 5.32 Å². The van der Waals surface area contributed by atoms with Gasteiger partial charge in [0.2, 0.25) is 5.91 Å². The van der Waals surface area contributed by atoms with Crippen molar-refractivity contribution in [2.24, 2.45) is 0 Å². The summed E-state index contributed by atoms with van der Waals surface area (Å²) in [6.07, 6.45) is 0. The van der Waals surface area contributed by atoms with Crippen molar-refractivity contribution in [2.45, 2.75) is 6.92 Å². The van der Waals surface area contributed by atoms with Crippen LogP contribution in [0.3, 0.4) is 0 Å². The zero-order chi connectivity index (χ0) is 16.2. The number of rotatable bonds is 4. The Balaban J connectivity index is 1.75. The number of fused-ring (bicyclic) bond motifs is 1. The molecule has 2 heterocycles. The van der Waals surface area contributed by atoms with Crippen LogP contribution in [0.2, 0.25) is 0 Å². The number of anilines is 1. The molecule has 2 aliphatic heterocycles. The van der Waals surface area contributed by atoms with E-state index < -0.39 is 0 Å². The van der Waals surface area contributed by atoms with Crippen molar-refractivity contribution in [3.63, 3.8) is 0 Å². The average molecular weight is 320 g/mol. The molecule has 1 saturated heterocycles. The van der Waals surface area contributed by atoms with E-state index in [0.29, 0.717) is 49.2 Å². The standard InChI is InChI=1S/C16H20N2O5/c1-11(19)12-8-14-15(23-7-6-22-14)9-13(12)17-16(20)10-18-2-4-21-5-3-18/h8-9H,2-7,10H2,1H3,(H,17,20). The van der Waals surface area contributed by atoms with Crippen molar-refractivity contribution in [1.82, 2.24) is 4.90 Å². The van der Waals surface area contributed by atoms with Crippen molar-refractivity contribution >= 4 is 17.4 Å². The maximum atomic E-state index is 12.2. The summed E-state index contributed by atoms with van der Waals surface area (Å²) in [4.78, 5) is 26.1. The third-order valence-electron chi connectivity index (χ3n) is 3.81. The molecule has 23 heavy (non-hydrogen) atoms. The first-order chi connectivity index (χ1) is 11.1. The van der Waals surface area contributed by atoms with Gasteiger partial charge in [-0.1, -0.05) is 0 Å². The molecule has 1 aromatic carbocycles. The molecule has 1 amide bonds. The van der Waals surface area contributed by atoms with Gasteiger partial charge in [0.1, 0.15) is 13.2 Å². The van der Waals surface area contributed by atoms with Gasteiger partial charge in [0, 0.05) is 24.7 Å². The summed E-state index contributed by atoms with van der Waals surface area (Å²) in [7, 11) is 0. The molecule has 0 unspecified atom stereocenters. The number of carbonyl (C=O) groups excluding carboxylic acids is 2. The Kier molecular flexibility index (Phi) is 4.78. The number of carbonyl (C=O) groups is 2. The molecule has 0 aliphatic carbocycles. The second-order valence-corrected chi connectivity index (χ2v) is 5.53. The molecule has 1 aromatic rings. The summed E-state index contributed by atoms with van der Waals surface area (Å²) < 4.78 is 16.3. The highest BCUT2D eigenvalue weighted by molar-refractivity contribution is 6.05. The first-order valence-electron chi connectivity index (χ1n) is 7.68. The topological polar surface area (TPSA) is 77.1 Å². The van der Waals surface area contributed by atoms with Gasteiger partial charge in [0.05, 0.1) is 25.4 Å².